The molecule has 7 nitrogen and oxygen atoms in total. The third-order valence-corrected chi connectivity index (χ3v) is 5.89. The minimum Gasteiger partial charge on any atom is -0.475 e. The number of nitrogens with zero attached hydrogens (tertiary/aromatic N) is 1. The van der Waals surface area contributed by atoms with Crippen molar-refractivity contribution in [3.05, 3.63) is 58.5 Å². The average Bonchev–Trinajstić information content (AvgIpc) is 2.69. The highest BCUT2D eigenvalue weighted by atomic mass is 32.2. The minimum absolute atomic E-state index is 0.171. The van der Waals surface area contributed by atoms with E-state index < -0.39 is 50.8 Å². The summed E-state index contributed by atoms with van der Waals surface area (Å²) in [6, 6.07) is 5.57. The van der Waals surface area contributed by atoms with E-state index in [-0.39, 0.29) is 29.1 Å². The molecule has 0 radical (unpaired) electrons. The standard InChI is InChI=1S/C21H25F4N3O4S/c1-11(2)32-20-14(6-8-17(28-20)21(23,24)25)10-27-19(29)12(3)13-5-7-15(16(22)9-13)18(26)33(4,30)31/h5-9,11-12,18H,10,26H2,1-4H3,(H,27,29). The highest BCUT2D eigenvalue weighted by molar-refractivity contribution is 7.90. The molecule has 1 aromatic heterocycles. The van der Waals surface area contributed by atoms with Gasteiger partial charge in [-0.1, -0.05) is 12.1 Å². The predicted molar refractivity (Wildman–Crippen MR) is 113 cm³/mol. The smallest absolute Gasteiger partial charge is 0.433 e. The van der Waals surface area contributed by atoms with Gasteiger partial charge in [0.2, 0.25) is 11.8 Å². The second-order valence-electron chi connectivity index (χ2n) is 7.80. The van der Waals surface area contributed by atoms with Gasteiger partial charge in [-0.15, -0.1) is 0 Å². The number of carbonyl (C=O) groups excluding carboxylic acids is 1. The number of amides is 1. The molecule has 2 aromatic rings. The van der Waals surface area contributed by atoms with E-state index in [0.29, 0.717) is 0 Å². The Morgan fingerprint density at radius 2 is 1.82 bits per heavy atom. The van der Waals surface area contributed by atoms with Crippen LogP contribution in [-0.4, -0.2) is 31.7 Å². The quantitative estimate of drug-likeness (QED) is 0.547. The zero-order chi connectivity index (χ0) is 25.1. The summed E-state index contributed by atoms with van der Waals surface area (Å²) in [6.45, 7) is 4.58. The number of rotatable bonds is 8. The highest BCUT2D eigenvalue weighted by Crippen LogP contribution is 2.31. The largest absolute Gasteiger partial charge is 0.475 e. The number of halogens is 4. The van der Waals surface area contributed by atoms with Gasteiger partial charge in [0, 0.05) is 23.9 Å². The van der Waals surface area contributed by atoms with Crippen molar-refractivity contribution >= 4 is 15.7 Å². The molecule has 0 bridgehead atoms. The molecule has 2 rings (SSSR count). The summed E-state index contributed by atoms with van der Waals surface area (Å²) >= 11 is 0. The maximum absolute atomic E-state index is 14.4. The van der Waals surface area contributed by atoms with Crippen molar-refractivity contribution in [3.8, 4) is 5.88 Å². The number of aromatic nitrogens is 1. The molecular formula is C21H25F4N3O4S. The summed E-state index contributed by atoms with van der Waals surface area (Å²) < 4.78 is 81.8. The van der Waals surface area contributed by atoms with Crippen LogP contribution in [0.1, 0.15) is 54.4 Å². The Morgan fingerprint density at radius 3 is 2.33 bits per heavy atom. The molecule has 0 fully saturated rings. The number of alkyl halides is 3. The first-order valence-corrected chi connectivity index (χ1v) is 11.8. The number of carbonyl (C=O) groups is 1. The Hall–Kier alpha value is -2.73. The second-order valence-corrected chi connectivity index (χ2v) is 9.96. The number of benzene rings is 1. The molecule has 0 spiro atoms. The van der Waals surface area contributed by atoms with Crippen molar-refractivity contribution in [2.45, 2.75) is 50.9 Å². The molecule has 0 aliphatic carbocycles. The van der Waals surface area contributed by atoms with Crippen molar-refractivity contribution in [2.24, 2.45) is 5.73 Å². The highest BCUT2D eigenvalue weighted by Gasteiger charge is 2.33. The predicted octanol–water partition coefficient (Wildman–Crippen LogP) is 3.45. The number of nitrogens with one attached hydrogen (secondary N) is 1. The van der Waals surface area contributed by atoms with Crippen LogP contribution in [0.15, 0.2) is 30.3 Å². The summed E-state index contributed by atoms with van der Waals surface area (Å²) in [4.78, 5) is 16.1. The van der Waals surface area contributed by atoms with Crippen LogP contribution in [-0.2, 0) is 27.4 Å². The maximum Gasteiger partial charge on any atom is 0.433 e. The fourth-order valence-electron chi connectivity index (χ4n) is 2.85. The lowest BCUT2D eigenvalue weighted by atomic mass is 9.98. The summed E-state index contributed by atoms with van der Waals surface area (Å²) in [5, 5.41) is 1.03. The molecule has 1 heterocycles. The van der Waals surface area contributed by atoms with Crippen LogP contribution in [0.4, 0.5) is 17.6 Å². The zero-order valence-electron chi connectivity index (χ0n) is 18.4. The van der Waals surface area contributed by atoms with Gasteiger partial charge in [-0.2, -0.15) is 13.2 Å². The van der Waals surface area contributed by atoms with Crippen molar-refractivity contribution in [3.63, 3.8) is 0 Å². The molecule has 0 aliphatic heterocycles. The average molecular weight is 492 g/mol. The Morgan fingerprint density at radius 1 is 1.18 bits per heavy atom. The molecule has 33 heavy (non-hydrogen) atoms. The number of sulfone groups is 1. The van der Waals surface area contributed by atoms with Crippen LogP contribution in [0, 0.1) is 5.82 Å². The molecule has 2 unspecified atom stereocenters. The lowest BCUT2D eigenvalue weighted by molar-refractivity contribution is -0.141. The number of hydrogen-bond acceptors (Lipinski definition) is 6. The van der Waals surface area contributed by atoms with E-state index >= 15 is 0 Å². The van der Waals surface area contributed by atoms with Crippen molar-refractivity contribution < 1.29 is 35.5 Å². The van der Waals surface area contributed by atoms with E-state index in [2.05, 4.69) is 10.3 Å². The van der Waals surface area contributed by atoms with E-state index in [1.807, 2.05) is 0 Å². The monoisotopic (exact) mass is 491 g/mol. The Bertz CT molecular complexity index is 1120. The fraction of sp³-hybridized carbons (Fsp3) is 0.429. The lowest BCUT2D eigenvalue weighted by Gasteiger charge is -2.18. The van der Waals surface area contributed by atoms with Crippen LogP contribution in [0.5, 0.6) is 5.88 Å². The van der Waals surface area contributed by atoms with Crippen LogP contribution in [0.25, 0.3) is 0 Å². The summed E-state index contributed by atoms with van der Waals surface area (Å²) in [5.74, 6) is -2.51. The van der Waals surface area contributed by atoms with Crippen LogP contribution in [0.3, 0.4) is 0 Å². The molecule has 0 saturated heterocycles. The van der Waals surface area contributed by atoms with Crippen LogP contribution in [0.2, 0.25) is 0 Å². The van der Waals surface area contributed by atoms with Gasteiger partial charge >= 0.3 is 6.18 Å². The van der Waals surface area contributed by atoms with Crippen molar-refractivity contribution in [2.75, 3.05) is 6.26 Å². The van der Waals surface area contributed by atoms with E-state index in [0.717, 1.165) is 18.4 Å². The Balaban J connectivity index is 2.18. The maximum atomic E-state index is 14.4. The summed E-state index contributed by atoms with van der Waals surface area (Å²) in [5.41, 5.74) is 4.72. The van der Waals surface area contributed by atoms with Crippen molar-refractivity contribution in [1.29, 1.82) is 0 Å². The number of ether oxygens (including phenoxy) is 1. The first-order chi connectivity index (χ1) is 15.1. The first kappa shape index (κ1) is 26.5. The van der Waals surface area contributed by atoms with Crippen LogP contribution >= 0.6 is 0 Å². The Labute approximate surface area is 189 Å². The van der Waals surface area contributed by atoms with Gasteiger partial charge in [0.25, 0.3) is 0 Å². The third kappa shape index (κ3) is 6.87. The summed E-state index contributed by atoms with van der Waals surface area (Å²) in [7, 11) is -3.72. The van der Waals surface area contributed by atoms with E-state index in [4.69, 9.17) is 10.5 Å². The Kier molecular flexibility index (Phi) is 8.07. The normalized spacial score (nSPS) is 14.1. The number of hydrogen-bond donors (Lipinski definition) is 2. The topological polar surface area (TPSA) is 111 Å². The summed E-state index contributed by atoms with van der Waals surface area (Å²) in [6.07, 6.45) is -4.22. The molecule has 1 amide bonds. The van der Waals surface area contributed by atoms with Gasteiger partial charge in [0.1, 0.15) is 16.9 Å². The zero-order valence-corrected chi connectivity index (χ0v) is 19.2. The van der Waals surface area contributed by atoms with E-state index in [9.17, 15) is 30.8 Å². The molecule has 0 saturated carbocycles. The van der Waals surface area contributed by atoms with Gasteiger partial charge in [-0.25, -0.2) is 17.8 Å². The second kappa shape index (κ2) is 10.0. The fourth-order valence-corrected chi connectivity index (χ4v) is 3.50. The lowest BCUT2D eigenvalue weighted by Crippen LogP contribution is -2.28. The van der Waals surface area contributed by atoms with Gasteiger partial charge < -0.3 is 15.8 Å². The minimum atomic E-state index is -4.65. The third-order valence-electron chi connectivity index (χ3n) is 4.72. The molecule has 182 valence electrons. The van der Waals surface area contributed by atoms with Crippen molar-refractivity contribution in [1.82, 2.24) is 10.3 Å². The molecule has 0 aliphatic rings. The molecule has 1 aromatic carbocycles. The molecule has 12 heteroatoms. The molecular weight excluding hydrogens is 466 g/mol. The first-order valence-electron chi connectivity index (χ1n) is 9.86. The molecule has 3 N–H and O–H groups in total. The van der Waals surface area contributed by atoms with Crippen LogP contribution < -0.4 is 15.8 Å². The van der Waals surface area contributed by atoms with E-state index in [1.54, 1.807) is 13.8 Å². The van der Waals surface area contributed by atoms with E-state index in [1.165, 1.54) is 25.1 Å². The number of nitrogens with two attached hydrogens (primary N) is 1. The van der Waals surface area contributed by atoms with Gasteiger partial charge in [-0.3, -0.25) is 4.79 Å². The van der Waals surface area contributed by atoms with Gasteiger partial charge in [0.05, 0.1) is 12.0 Å². The molecule has 2 atom stereocenters. The number of pyridine rings is 1. The van der Waals surface area contributed by atoms with Gasteiger partial charge in [-0.05, 0) is 44.5 Å². The SMILES string of the molecule is CC(C)Oc1nc(C(F)(F)F)ccc1CNC(=O)C(C)c1ccc(C(N)S(C)(=O)=O)c(F)c1. The van der Waals surface area contributed by atoms with Gasteiger partial charge in [0.15, 0.2) is 9.84 Å².